The maximum absolute atomic E-state index is 12.4. The summed E-state index contributed by atoms with van der Waals surface area (Å²) in [7, 11) is 0. The zero-order valence-electron chi connectivity index (χ0n) is 13.8. The van der Waals surface area contributed by atoms with Crippen LogP contribution in [0, 0.1) is 18.3 Å². The molecule has 1 aromatic rings. The molecule has 0 aromatic heterocycles. The molecule has 1 aliphatic rings. The Morgan fingerprint density at radius 1 is 1.33 bits per heavy atom. The van der Waals surface area contributed by atoms with Crippen molar-refractivity contribution < 1.29 is 4.79 Å². The van der Waals surface area contributed by atoms with Gasteiger partial charge in [-0.1, -0.05) is 20.8 Å². The number of hydrogen-bond donors (Lipinski definition) is 2. The fraction of sp³-hybridized carbons (Fsp3) is 0.611. The number of hydrogen-bond acceptors (Lipinski definition) is 2. The van der Waals surface area contributed by atoms with Crippen molar-refractivity contribution in [3.63, 3.8) is 0 Å². The predicted molar refractivity (Wildman–Crippen MR) is 88.8 cm³/mol. The molecule has 1 fully saturated rings. The van der Waals surface area contributed by atoms with E-state index in [1.807, 2.05) is 19.1 Å². The van der Waals surface area contributed by atoms with E-state index in [0.29, 0.717) is 11.3 Å². The minimum Gasteiger partial charge on any atom is -0.385 e. The molecule has 21 heavy (non-hydrogen) atoms. The highest BCUT2D eigenvalue weighted by Crippen LogP contribution is 2.51. The molecule has 0 radical (unpaired) electrons. The molecule has 0 unspecified atom stereocenters. The van der Waals surface area contributed by atoms with Crippen LogP contribution in [-0.4, -0.2) is 19.0 Å². The quantitative estimate of drug-likeness (QED) is 0.796. The van der Waals surface area contributed by atoms with Crippen molar-refractivity contribution in [3.8, 4) is 0 Å². The lowest BCUT2D eigenvalue weighted by Crippen LogP contribution is -2.32. The molecule has 0 spiro atoms. The van der Waals surface area contributed by atoms with Gasteiger partial charge in [0.2, 0.25) is 0 Å². The minimum atomic E-state index is 0.0569. The third kappa shape index (κ3) is 3.78. The normalized spacial score (nSPS) is 15.9. The highest BCUT2D eigenvalue weighted by Gasteiger charge is 2.45. The Morgan fingerprint density at radius 3 is 2.57 bits per heavy atom. The van der Waals surface area contributed by atoms with Gasteiger partial charge >= 0.3 is 0 Å². The van der Waals surface area contributed by atoms with Gasteiger partial charge in [-0.05, 0) is 61.3 Å². The van der Waals surface area contributed by atoms with Gasteiger partial charge in [-0.3, -0.25) is 4.79 Å². The maximum atomic E-state index is 12.4. The van der Waals surface area contributed by atoms with Crippen molar-refractivity contribution in [1.82, 2.24) is 5.32 Å². The summed E-state index contributed by atoms with van der Waals surface area (Å²) in [5.41, 5.74) is 3.26. The molecule has 1 aliphatic carbocycles. The molecule has 0 aliphatic heterocycles. The van der Waals surface area contributed by atoms with E-state index >= 15 is 0 Å². The first-order valence-electron chi connectivity index (χ1n) is 8.11. The van der Waals surface area contributed by atoms with E-state index in [2.05, 4.69) is 37.5 Å². The number of carbonyl (C=O) groups is 1. The first-order chi connectivity index (χ1) is 9.98. The third-order valence-electron chi connectivity index (χ3n) is 4.77. The Bertz CT molecular complexity index is 504. The van der Waals surface area contributed by atoms with Crippen molar-refractivity contribution in [2.45, 2.75) is 47.0 Å². The Labute approximate surface area is 128 Å². The first kappa shape index (κ1) is 15.9. The van der Waals surface area contributed by atoms with Crippen LogP contribution < -0.4 is 10.6 Å². The van der Waals surface area contributed by atoms with Gasteiger partial charge in [0, 0.05) is 24.3 Å². The molecule has 3 heteroatoms. The molecular weight excluding hydrogens is 260 g/mol. The molecule has 3 nitrogen and oxygen atoms in total. The number of benzene rings is 1. The zero-order valence-corrected chi connectivity index (χ0v) is 13.8. The van der Waals surface area contributed by atoms with Crippen molar-refractivity contribution in [2.24, 2.45) is 11.3 Å². The maximum Gasteiger partial charge on any atom is 0.251 e. The SMILES string of the molecule is CCCNc1ccc(C(=O)NCC2(C(C)C)CC2)c(C)c1. The molecule has 0 heterocycles. The highest BCUT2D eigenvalue weighted by atomic mass is 16.1. The van der Waals surface area contributed by atoms with Gasteiger partial charge in [-0.15, -0.1) is 0 Å². The van der Waals surface area contributed by atoms with E-state index in [1.165, 1.54) is 12.8 Å². The number of carbonyl (C=O) groups excluding carboxylic acids is 1. The summed E-state index contributed by atoms with van der Waals surface area (Å²) in [6.07, 6.45) is 3.58. The fourth-order valence-electron chi connectivity index (χ4n) is 2.77. The predicted octanol–water partition coefficient (Wildman–Crippen LogP) is 3.98. The Kier molecular flexibility index (Phi) is 4.92. The lowest BCUT2D eigenvalue weighted by atomic mass is 9.92. The van der Waals surface area contributed by atoms with Crippen molar-refractivity contribution in [2.75, 3.05) is 18.4 Å². The van der Waals surface area contributed by atoms with E-state index in [1.54, 1.807) is 0 Å². The molecule has 0 saturated heterocycles. The van der Waals surface area contributed by atoms with Crippen LogP contribution in [0.1, 0.15) is 56.0 Å². The van der Waals surface area contributed by atoms with Gasteiger partial charge in [-0.25, -0.2) is 0 Å². The van der Waals surface area contributed by atoms with Gasteiger partial charge in [-0.2, -0.15) is 0 Å². The number of rotatable bonds is 7. The summed E-state index contributed by atoms with van der Waals surface area (Å²) in [4.78, 5) is 12.4. The minimum absolute atomic E-state index is 0.0569. The Hall–Kier alpha value is -1.51. The molecule has 1 aromatic carbocycles. The second kappa shape index (κ2) is 6.50. The summed E-state index contributed by atoms with van der Waals surface area (Å²) in [5, 5.41) is 6.48. The Morgan fingerprint density at radius 2 is 2.05 bits per heavy atom. The Balaban J connectivity index is 1.96. The lowest BCUT2D eigenvalue weighted by molar-refractivity contribution is 0.0939. The molecule has 2 rings (SSSR count). The highest BCUT2D eigenvalue weighted by molar-refractivity contribution is 5.96. The second-order valence-electron chi connectivity index (χ2n) is 6.66. The van der Waals surface area contributed by atoms with E-state index in [9.17, 15) is 4.79 Å². The van der Waals surface area contributed by atoms with E-state index in [-0.39, 0.29) is 5.91 Å². The van der Waals surface area contributed by atoms with E-state index < -0.39 is 0 Å². The molecule has 1 amide bonds. The molecule has 0 atom stereocenters. The summed E-state index contributed by atoms with van der Waals surface area (Å²) in [6.45, 7) is 10.4. The zero-order chi connectivity index (χ0) is 15.5. The van der Waals surface area contributed by atoms with Gasteiger partial charge < -0.3 is 10.6 Å². The smallest absolute Gasteiger partial charge is 0.251 e. The van der Waals surface area contributed by atoms with E-state index in [0.717, 1.165) is 36.3 Å². The number of anilines is 1. The summed E-state index contributed by atoms with van der Waals surface area (Å²) >= 11 is 0. The lowest BCUT2D eigenvalue weighted by Gasteiger charge is -2.20. The standard InChI is InChI=1S/C18H28N2O/c1-5-10-19-15-6-7-16(14(4)11-15)17(21)20-12-18(8-9-18)13(2)3/h6-7,11,13,19H,5,8-10,12H2,1-4H3,(H,20,21). The molecule has 2 N–H and O–H groups in total. The summed E-state index contributed by atoms with van der Waals surface area (Å²) in [5.74, 6) is 0.695. The van der Waals surface area contributed by atoms with Crippen LogP contribution in [0.25, 0.3) is 0 Å². The van der Waals surface area contributed by atoms with Crippen LogP contribution in [0.2, 0.25) is 0 Å². The van der Waals surface area contributed by atoms with Crippen molar-refractivity contribution >= 4 is 11.6 Å². The fourth-order valence-corrected chi connectivity index (χ4v) is 2.77. The average Bonchev–Trinajstić information content (AvgIpc) is 3.24. The molecule has 1 saturated carbocycles. The van der Waals surface area contributed by atoms with Crippen LogP contribution in [-0.2, 0) is 0 Å². The number of nitrogens with one attached hydrogen (secondary N) is 2. The monoisotopic (exact) mass is 288 g/mol. The second-order valence-corrected chi connectivity index (χ2v) is 6.66. The van der Waals surface area contributed by atoms with Crippen LogP contribution in [0.3, 0.4) is 0 Å². The third-order valence-corrected chi connectivity index (χ3v) is 4.77. The number of amides is 1. The largest absolute Gasteiger partial charge is 0.385 e. The van der Waals surface area contributed by atoms with E-state index in [4.69, 9.17) is 0 Å². The molecular formula is C18H28N2O. The number of aryl methyl sites for hydroxylation is 1. The van der Waals surface area contributed by atoms with Gasteiger partial charge in [0.1, 0.15) is 0 Å². The van der Waals surface area contributed by atoms with Gasteiger partial charge in [0.15, 0.2) is 0 Å². The summed E-state index contributed by atoms with van der Waals surface area (Å²) < 4.78 is 0. The van der Waals surface area contributed by atoms with Gasteiger partial charge in [0.05, 0.1) is 0 Å². The molecule has 0 bridgehead atoms. The van der Waals surface area contributed by atoms with Crippen LogP contribution in [0.5, 0.6) is 0 Å². The van der Waals surface area contributed by atoms with Crippen molar-refractivity contribution in [3.05, 3.63) is 29.3 Å². The van der Waals surface area contributed by atoms with Gasteiger partial charge in [0.25, 0.3) is 5.91 Å². The van der Waals surface area contributed by atoms with Crippen LogP contribution in [0.15, 0.2) is 18.2 Å². The summed E-state index contributed by atoms with van der Waals surface area (Å²) in [6, 6.07) is 5.98. The molecule has 116 valence electrons. The van der Waals surface area contributed by atoms with Crippen LogP contribution >= 0.6 is 0 Å². The topological polar surface area (TPSA) is 41.1 Å². The van der Waals surface area contributed by atoms with Crippen LogP contribution in [0.4, 0.5) is 5.69 Å². The van der Waals surface area contributed by atoms with Crippen molar-refractivity contribution in [1.29, 1.82) is 0 Å². The first-order valence-corrected chi connectivity index (χ1v) is 8.11. The average molecular weight is 288 g/mol.